The molecule has 2 heterocycles. The smallest absolute Gasteiger partial charge is 0.319 e. The van der Waals surface area contributed by atoms with E-state index >= 15 is 0 Å². The zero-order valence-corrected chi connectivity index (χ0v) is 13.3. The van der Waals surface area contributed by atoms with Crippen molar-refractivity contribution < 1.29 is 4.79 Å². The number of fused-ring (bicyclic) bond motifs is 1. The van der Waals surface area contributed by atoms with Crippen LogP contribution >= 0.6 is 0 Å². The molecule has 23 heavy (non-hydrogen) atoms. The second-order valence-electron chi connectivity index (χ2n) is 5.66. The highest BCUT2D eigenvalue weighted by molar-refractivity contribution is 6.05. The molecule has 2 N–H and O–H groups in total. The number of anilines is 1. The number of aryl methyl sites for hydroxylation is 1. The van der Waals surface area contributed by atoms with Crippen molar-refractivity contribution in [3.63, 3.8) is 0 Å². The Balaban J connectivity index is 1.87. The molecule has 0 saturated carbocycles. The van der Waals surface area contributed by atoms with Crippen LogP contribution in [0.25, 0.3) is 11.0 Å². The number of benzene rings is 1. The number of H-pyrrole nitrogens is 1. The fourth-order valence-corrected chi connectivity index (χ4v) is 2.51. The van der Waals surface area contributed by atoms with Gasteiger partial charge in [-0.1, -0.05) is 0 Å². The molecule has 0 unspecified atom stereocenters. The number of hydrogen-bond acceptors (Lipinski definition) is 3. The van der Waals surface area contributed by atoms with Gasteiger partial charge in [0, 0.05) is 24.3 Å². The van der Waals surface area contributed by atoms with Crippen LogP contribution in [0.4, 0.5) is 5.69 Å². The van der Waals surface area contributed by atoms with E-state index in [1.54, 1.807) is 39.8 Å². The van der Waals surface area contributed by atoms with E-state index in [1.165, 1.54) is 0 Å². The zero-order chi connectivity index (χ0) is 16.6. The third-order valence-electron chi connectivity index (χ3n) is 3.74. The van der Waals surface area contributed by atoms with E-state index in [9.17, 15) is 9.59 Å². The predicted molar refractivity (Wildman–Crippen MR) is 88.8 cm³/mol. The van der Waals surface area contributed by atoms with Gasteiger partial charge in [0.05, 0.1) is 22.9 Å². The SMILES string of the molecule is CCn1c(=O)[nH]c2cc(C(=O)Nc3cnn(C(C)C)c3)ccc21. The number of hydrogen-bond donors (Lipinski definition) is 2. The average Bonchev–Trinajstić information content (AvgIpc) is 3.09. The molecule has 120 valence electrons. The summed E-state index contributed by atoms with van der Waals surface area (Å²) in [5, 5.41) is 7.00. The van der Waals surface area contributed by atoms with E-state index in [-0.39, 0.29) is 17.6 Å². The molecular weight excluding hydrogens is 294 g/mol. The molecule has 1 amide bonds. The molecule has 0 aliphatic carbocycles. The fourth-order valence-electron chi connectivity index (χ4n) is 2.51. The van der Waals surface area contributed by atoms with Crippen molar-refractivity contribution >= 4 is 22.6 Å². The van der Waals surface area contributed by atoms with Gasteiger partial charge in [-0.15, -0.1) is 0 Å². The lowest BCUT2D eigenvalue weighted by atomic mass is 10.2. The minimum Gasteiger partial charge on any atom is -0.319 e. The topological polar surface area (TPSA) is 84.7 Å². The molecule has 0 aliphatic heterocycles. The second kappa shape index (κ2) is 5.75. The van der Waals surface area contributed by atoms with Gasteiger partial charge in [-0.2, -0.15) is 5.10 Å². The number of aromatic nitrogens is 4. The van der Waals surface area contributed by atoms with Crippen molar-refractivity contribution in [1.29, 1.82) is 0 Å². The minimum atomic E-state index is -0.236. The average molecular weight is 313 g/mol. The van der Waals surface area contributed by atoms with Crippen molar-refractivity contribution in [2.24, 2.45) is 0 Å². The Bertz CT molecular complexity index is 916. The normalized spacial score (nSPS) is 11.3. The predicted octanol–water partition coefficient (Wildman–Crippen LogP) is 2.38. The monoisotopic (exact) mass is 313 g/mol. The molecule has 3 aromatic rings. The zero-order valence-electron chi connectivity index (χ0n) is 13.3. The van der Waals surface area contributed by atoms with Gasteiger partial charge in [0.25, 0.3) is 5.91 Å². The first-order valence-corrected chi connectivity index (χ1v) is 7.57. The van der Waals surface area contributed by atoms with Crippen LogP contribution in [0.2, 0.25) is 0 Å². The Kier molecular flexibility index (Phi) is 3.77. The molecule has 3 rings (SSSR count). The molecule has 1 aromatic carbocycles. The van der Waals surface area contributed by atoms with Crippen LogP contribution in [0.15, 0.2) is 35.4 Å². The van der Waals surface area contributed by atoms with Crippen LogP contribution in [0, 0.1) is 0 Å². The Morgan fingerprint density at radius 1 is 1.39 bits per heavy atom. The number of nitrogens with one attached hydrogen (secondary N) is 2. The quantitative estimate of drug-likeness (QED) is 0.775. The van der Waals surface area contributed by atoms with Crippen LogP contribution in [0.1, 0.15) is 37.2 Å². The maximum absolute atomic E-state index is 12.4. The molecule has 0 spiro atoms. The van der Waals surface area contributed by atoms with Crippen molar-refractivity contribution in [3.8, 4) is 0 Å². The lowest BCUT2D eigenvalue weighted by molar-refractivity contribution is 0.102. The molecule has 2 aromatic heterocycles. The number of aromatic amines is 1. The van der Waals surface area contributed by atoms with Gasteiger partial charge in [-0.25, -0.2) is 4.79 Å². The van der Waals surface area contributed by atoms with Gasteiger partial charge in [0.1, 0.15) is 0 Å². The number of nitrogens with zero attached hydrogens (tertiary/aromatic N) is 3. The van der Waals surface area contributed by atoms with Crippen LogP contribution in [0.5, 0.6) is 0 Å². The maximum atomic E-state index is 12.4. The number of rotatable bonds is 4. The number of carbonyl (C=O) groups excluding carboxylic acids is 1. The number of amides is 1. The summed E-state index contributed by atoms with van der Waals surface area (Å²) in [5.41, 5.74) is 2.41. The molecule has 7 heteroatoms. The van der Waals surface area contributed by atoms with Gasteiger partial charge < -0.3 is 10.3 Å². The molecule has 0 bridgehead atoms. The highest BCUT2D eigenvalue weighted by atomic mass is 16.2. The van der Waals surface area contributed by atoms with E-state index in [2.05, 4.69) is 15.4 Å². The van der Waals surface area contributed by atoms with Crippen molar-refractivity contribution in [1.82, 2.24) is 19.3 Å². The standard InChI is InChI=1S/C16H19N5O2/c1-4-20-14-6-5-11(7-13(14)19-16(20)23)15(22)18-12-8-17-21(9-12)10(2)3/h5-10H,4H2,1-3H3,(H,18,22)(H,19,23). The summed E-state index contributed by atoms with van der Waals surface area (Å²) in [5.74, 6) is -0.236. The van der Waals surface area contributed by atoms with E-state index in [0.29, 0.717) is 23.3 Å². The van der Waals surface area contributed by atoms with Gasteiger partial charge in [-0.3, -0.25) is 14.0 Å². The Morgan fingerprint density at radius 3 is 2.83 bits per heavy atom. The second-order valence-corrected chi connectivity index (χ2v) is 5.66. The van der Waals surface area contributed by atoms with Crippen molar-refractivity contribution in [2.75, 3.05) is 5.32 Å². The Morgan fingerprint density at radius 2 is 2.17 bits per heavy atom. The third kappa shape index (κ3) is 2.77. The van der Waals surface area contributed by atoms with Crippen LogP contribution in [-0.2, 0) is 6.54 Å². The van der Waals surface area contributed by atoms with Gasteiger partial charge in [0.15, 0.2) is 0 Å². The van der Waals surface area contributed by atoms with Crippen LogP contribution < -0.4 is 11.0 Å². The van der Waals surface area contributed by atoms with E-state index in [1.807, 2.05) is 20.8 Å². The highest BCUT2D eigenvalue weighted by Gasteiger charge is 2.11. The number of imidazole rings is 1. The molecule has 0 fully saturated rings. The molecule has 0 aliphatic rings. The summed E-state index contributed by atoms with van der Waals surface area (Å²) in [6.45, 7) is 6.52. The highest BCUT2D eigenvalue weighted by Crippen LogP contribution is 2.15. The molecule has 0 saturated heterocycles. The van der Waals surface area contributed by atoms with Crippen LogP contribution in [-0.4, -0.2) is 25.2 Å². The number of carbonyl (C=O) groups is 1. The van der Waals surface area contributed by atoms with E-state index in [4.69, 9.17) is 0 Å². The Labute approximate surface area is 132 Å². The summed E-state index contributed by atoms with van der Waals surface area (Å²) in [6, 6.07) is 5.41. The van der Waals surface area contributed by atoms with Gasteiger partial charge in [0.2, 0.25) is 0 Å². The van der Waals surface area contributed by atoms with Gasteiger partial charge in [-0.05, 0) is 39.0 Å². The largest absolute Gasteiger partial charge is 0.326 e. The summed E-state index contributed by atoms with van der Waals surface area (Å²) >= 11 is 0. The van der Waals surface area contributed by atoms with Crippen LogP contribution in [0.3, 0.4) is 0 Å². The molecule has 0 atom stereocenters. The van der Waals surface area contributed by atoms with Crippen molar-refractivity contribution in [2.45, 2.75) is 33.4 Å². The van der Waals surface area contributed by atoms with Crippen molar-refractivity contribution in [3.05, 3.63) is 46.6 Å². The van der Waals surface area contributed by atoms with E-state index < -0.39 is 0 Å². The lowest BCUT2D eigenvalue weighted by Gasteiger charge is -2.05. The summed E-state index contributed by atoms with van der Waals surface area (Å²) in [7, 11) is 0. The summed E-state index contributed by atoms with van der Waals surface area (Å²) in [6.07, 6.45) is 3.41. The maximum Gasteiger partial charge on any atom is 0.326 e. The molecular formula is C16H19N5O2. The first-order chi connectivity index (χ1) is 11.0. The Hall–Kier alpha value is -2.83. The third-order valence-corrected chi connectivity index (χ3v) is 3.74. The summed E-state index contributed by atoms with van der Waals surface area (Å²) in [4.78, 5) is 26.9. The summed E-state index contributed by atoms with van der Waals surface area (Å²) < 4.78 is 3.40. The minimum absolute atomic E-state index is 0.168. The lowest BCUT2D eigenvalue weighted by Crippen LogP contribution is -2.14. The van der Waals surface area contributed by atoms with E-state index in [0.717, 1.165) is 5.52 Å². The molecule has 0 radical (unpaired) electrons. The molecule has 7 nitrogen and oxygen atoms in total. The first kappa shape index (κ1) is 15.1. The first-order valence-electron chi connectivity index (χ1n) is 7.57. The fraction of sp³-hybridized carbons (Fsp3) is 0.312. The van der Waals surface area contributed by atoms with Gasteiger partial charge >= 0.3 is 5.69 Å².